The predicted octanol–water partition coefficient (Wildman–Crippen LogP) is 13.4. The summed E-state index contributed by atoms with van der Waals surface area (Å²) in [5, 5.41) is 6.74. The van der Waals surface area contributed by atoms with Crippen LogP contribution in [0.25, 0.3) is 93.8 Å². The monoisotopic (exact) mass is 658 g/mol. The molecule has 0 atom stereocenters. The summed E-state index contributed by atoms with van der Waals surface area (Å²) in [7, 11) is 0. The van der Waals surface area contributed by atoms with Crippen LogP contribution in [0.1, 0.15) is 13.8 Å². The number of furan rings is 2. The van der Waals surface area contributed by atoms with Gasteiger partial charge in [0.25, 0.3) is 0 Å². The molecule has 0 radical (unpaired) electrons. The molecule has 0 aliphatic carbocycles. The summed E-state index contributed by atoms with van der Waals surface area (Å²) in [6.45, 7) is 4.00. The van der Waals surface area contributed by atoms with Gasteiger partial charge in [-0.3, -0.25) is 0 Å². The quantitative estimate of drug-likeness (QED) is 0.177. The molecule has 4 heteroatoms. The lowest BCUT2D eigenvalue weighted by Gasteiger charge is -2.08. The zero-order valence-electron chi connectivity index (χ0n) is 28.4. The van der Waals surface area contributed by atoms with Gasteiger partial charge in [0.2, 0.25) is 0 Å². The van der Waals surface area contributed by atoms with Crippen LogP contribution < -0.4 is 0 Å². The minimum Gasteiger partial charge on any atom is -0.452 e. The fraction of sp³-hybridized carbons (Fsp3) is 0.0426. The third-order valence-electron chi connectivity index (χ3n) is 9.51. The number of benzene rings is 6. The average molecular weight is 659 g/mol. The Labute approximate surface area is 295 Å². The molecule has 10 aromatic rings. The normalized spacial score (nSPS) is 12.0. The number of aromatic nitrogens is 2. The Balaban J connectivity index is 0.000000538. The summed E-state index contributed by atoms with van der Waals surface area (Å²) in [6.07, 6.45) is 12.1. The maximum absolute atomic E-state index is 6.36. The van der Waals surface area contributed by atoms with Crippen LogP contribution >= 0.6 is 0 Å². The summed E-state index contributed by atoms with van der Waals surface area (Å²) < 4.78 is 14.7. The number of hydrogen-bond acceptors (Lipinski definition) is 3. The van der Waals surface area contributed by atoms with Gasteiger partial charge in [0.05, 0.1) is 5.69 Å². The second-order valence-corrected chi connectivity index (χ2v) is 12.7. The predicted molar refractivity (Wildman–Crippen MR) is 213 cm³/mol. The lowest BCUT2D eigenvalue weighted by molar-refractivity contribution is 0.633. The molecule has 4 nitrogen and oxygen atoms in total. The van der Waals surface area contributed by atoms with Gasteiger partial charge in [0.15, 0.2) is 11.2 Å². The SMILES string of the molecule is C/C=C\C=C/C.c1cc(-c2ccc3cc(-c4ccc5oc6c(ccc7c8ccccc8oc76)c5c4)ccc3c2)cc(-c2cn3ccccc3n2)c1. The molecule has 0 bridgehead atoms. The number of fused-ring (bicyclic) bond motifs is 9. The molecule has 0 saturated heterocycles. The standard InChI is InChI=1S/C41H24N2O2.C6H10/c1-2-9-37-32(8-1)33-16-17-34-35-23-30(15-18-38(35)45-41(34)40(33)44-37)29-14-13-27-20-26(11-12-28(27)21-29)25-6-5-7-31(22-25)36-24-43-19-4-3-10-39(43)42-36;1-3-5-6-4-2/h1-24H;3-6H,1-2H3/b;5-3-,6-4-. The van der Waals surface area contributed by atoms with Gasteiger partial charge in [-0.2, -0.15) is 0 Å². The van der Waals surface area contributed by atoms with Crippen LogP contribution in [-0.2, 0) is 0 Å². The van der Waals surface area contributed by atoms with E-state index >= 15 is 0 Å². The Morgan fingerprint density at radius 3 is 1.82 bits per heavy atom. The van der Waals surface area contributed by atoms with Crippen LogP contribution in [0.5, 0.6) is 0 Å². The first-order valence-electron chi connectivity index (χ1n) is 17.3. The minimum atomic E-state index is 0.798. The van der Waals surface area contributed by atoms with Crippen molar-refractivity contribution < 1.29 is 8.83 Å². The molecule has 51 heavy (non-hydrogen) atoms. The molecule has 0 amide bonds. The Morgan fingerprint density at radius 2 is 1.10 bits per heavy atom. The zero-order chi connectivity index (χ0) is 34.3. The van der Waals surface area contributed by atoms with E-state index in [2.05, 4.69) is 108 Å². The van der Waals surface area contributed by atoms with Crippen molar-refractivity contribution in [2.24, 2.45) is 0 Å². The number of hydrogen-bond donors (Lipinski definition) is 0. The summed E-state index contributed by atoms with van der Waals surface area (Å²) in [6, 6.07) is 47.0. The summed E-state index contributed by atoms with van der Waals surface area (Å²) in [4.78, 5) is 4.81. The molecule has 0 unspecified atom stereocenters. The lowest BCUT2D eigenvalue weighted by Crippen LogP contribution is -1.83. The van der Waals surface area contributed by atoms with E-state index in [0.29, 0.717) is 0 Å². The molecule has 4 heterocycles. The average Bonchev–Trinajstić information content (AvgIpc) is 3.90. The van der Waals surface area contributed by atoms with Crippen LogP contribution in [0.2, 0.25) is 0 Å². The zero-order valence-corrected chi connectivity index (χ0v) is 28.4. The Kier molecular flexibility index (Phi) is 7.55. The van der Waals surface area contributed by atoms with Gasteiger partial charge in [-0.1, -0.05) is 97.1 Å². The Morgan fingerprint density at radius 1 is 0.490 bits per heavy atom. The van der Waals surface area contributed by atoms with Crippen molar-refractivity contribution in [3.8, 4) is 33.5 Å². The third kappa shape index (κ3) is 5.48. The van der Waals surface area contributed by atoms with Crippen LogP contribution in [-0.4, -0.2) is 9.38 Å². The molecule has 244 valence electrons. The van der Waals surface area contributed by atoms with E-state index in [1.54, 1.807) is 0 Å². The van der Waals surface area contributed by atoms with E-state index in [-0.39, 0.29) is 0 Å². The topological polar surface area (TPSA) is 43.6 Å². The molecule has 0 aliphatic heterocycles. The first kappa shape index (κ1) is 30.4. The highest BCUT2D eigenvalue weighted by molar-refractivity contribution is 6.19. The van der Waals surface area contributed by atoms with Crippen molar-refractivity contribution in [1.82, 2.24) is 9.38 Å². The fourth-order valence-electron chi connectivity index (χ4n) is 6.96. The molecule has 0 aliphatic rings. The van der Waals surface area contributed by atoms with Crippen molar-refractivity contribution in [2.75, 3.05) is 0 Å². The van der Waals surface area contributed by atoms with Crippen LogP contribution in [0.15, 0.2) is 179 Å². The smallest absolute Gasteiger partial charge is 0.178 e. The molecule has 0 saturated carbocycles. The van der Waals surface area contributed by atoms with Crippen molar-refractivity contribution in [1.29, 1.82) is 0 Å². The lowest BCUT2D eigenvalue weighted by atomic mass is 9.96. The van der Waals surface area contributed by atoms with Gasteiger partial charge in [0, 0.05) is 39.5 Å². The third-order valence-corrected chi connectivity index (χ3v) is 9.51. The number of nitrogens with zero attached hydrogens (tertiary/aromatic N) is 2. The second kappa shape index (κ2) is 12.7. The van der Waals surface area contributed by atoms with Crippen LogP contribution in [0, 0.1) is 0 Å². The van der Waals surface area contributed by atoms with E-state index < -0.39 is 0 Å². The van der Waals surface area contributed by atoms with Crippen molar-refractivity contribution in [3.05, 3.63) is 170 Å². The van der Waals surface area contributed by atoms with E-state index in [0.717, 1.165) is 66.3 Å². The van der Waals surface area contributed by atoms with Crippen molar-refractivity contribution in [2.45, 2.75) is 13.8 Å². The van der Waals surface area contributed by atoms with Gasteiger partial charge < -0.3 is 13.2 Å². The molecular weight excluding hydrogens is 625 g/mol. The number of imidazole rings is 1. The maximum atomic E-state index is 6.36. The first-order valence-corrected chi connectivity index (χ1v) is 17.3. The Hall–Kier alpha value is -6.65. The largest absolute Gasteiger partial charge is 0.452 e. The van der Waals surface area contributed by atoms with Gasteiger partial charge in [-0.05, 0) is 108 Å². The fourth-order valence-corrected chi connectivity index (χ4v) is 6.96. The van der Waals surface area contributed by atoms with Gasteiger partial charge in [-0.15, -0.1) is 0 Å². The van der Waals surface area contributed by atoms with Gasteiger partial charge in [-0.25, -0.2) is 4.98 Å². The van der Waals surface area contributed by atoms with Gasteiger partial charge >= 0.3 is 0 Å². The maximum Gasteiger partial charge on any atom is 0.178 e. The Bertz CT molecular complexity index is 2910. The van der Waals surface area contributed by atoms with E-state index in [1.807, 2.05) is 80.7 Å². The number of pyridine rings is 1. The number of allylic oxidation sites excluding steroid dienone is 4. The summed E-state index contributed by atoms with van der Waals surface area (Å²) in [5.74, 6) is 0. The summed E-state index contributed by atoms with van der Waals surface area (Å²) in [5.41, 5.74) is 11.0. The highest BCUT2D eigenvalue weighted by Crippen LogP contribution is 2.40. The second-order valence-electron chi connectivity index (χ2n) is 12.7. The van der Waals surface area contributed by atoms with E-state index in [1.165, 1.54) is 27.5 Å². The number of para-hydroxylation sites is 1. The van der Waals surface area contributed by atoms with E-state index in [4.69, 9.17) is 13.8 Å². The molecule has 4 aromatic heterocycles. The highest BCUT2D eigenvalue weighted by Gasteiger charge is 2.16. The van der Waals surface area contributed by atoms with Gasteiger partial charge in [0.1, 0.15) is 16.8 Å². The number of rotatable bonds is 4. The van der Waals surface area contributed by atoms with Crippen molar-refractivity contribution >= 4 is 60.3 Å². The first-order chi connectivity index (χ1) is 25.2. The molecule has 10 rings (SSSR count). The molecule has 0 spiro atoms. The highest BCUT2D eigenvalue weighted by atomic mass is 16.4. The summed E-state index contributed by atoms with van der Waals surface area (Å²) >= 11 is 0. The molecule has 0 N–H and O–H groups in total. The van der Waals surface area contributed by atoms with Crippen molar-refractivity contribution in [3.63, 3.8) is 0 Å². The molecule has 6 aromatic carbocycles. The molecule has 0 fully saturated rings. The van der Waals surface area contributed by atoms with E-state index in [9.17, 15) is 0 Å². The van der Waals surface area contributed by atoms with Crippen LogP contribution in [0.4, 0.5) is 0 Å². The van der Waals surface area contributed by atoms with Crippen LogP contribution in [0.3, 0.4) is 0 Å². The molecular formula is C47H34N2O2. The minimum absolute atomic E-state index is 0.798.